The average Bonchev–Trinajstić information content (AvgIpc) is 2.95. The van der Waals surface area contributed by atoms with Crippen LogP contribution in [0.15, 0.2) is 76.6 Å². The van der Waals surface area contributed by atoms with Gasteiger partial charge in [-0.2, -0.15) is 11.8 Å². The van der Waals surface area contributed by atoms with Crippen LogP contribution in [-0.2, 0) is 17.0 Å². The van der Waals surface area contributed by atoms with Crippen molar-refractivity contribution in [1.29, 1.82) is 0 Å². The Morgan fingerprint density at radius 2 is 1.52 bits per heavy atom. The minimum atomic E-state index is -1.19. The van der Waals surface area contributed by atoms with Crippen LogP contribution in [0, 0.1) is 0 Å². The van der Waals surface area contributed by atoms with E-state index in [1.807, 2.05) is 30.3 Å². The molecule has 0 aliphatic carbocycles. The lowest BCUT2D eigenvalue weighted by atomic mass is 10.0. The van der Waals surface area contributed by atoms with E-state index in [2.05, 4.69) is 20.9 Å². The fourth-order valence-corrected chi connectivity index (χ4v) is 5.11. The molecule has 12 heteroatoms. The Bertz CT molecular complexity index is 1550. The first-order chi connectivity index (χ1) is 19.2. The van der Waals surface area contributed by atoms with Gasteiger partial charge in [0.1, 0.15) is 17.4 Å². The fraction of sp³-hybridized carbons (Fsp3) is 0.179. The van der Waals surface area contributed by atoms with Gasteiger partial charge in [0.15, 0.2) is 0 Å². The number of aromatic nitrogens is 1. The Morgan fingerprint density at radius 3 is 2.17 bits per heavy atom. The number of halogens is 2. The van der Waals surface area contributed by atoms with Crippen molar-refractivity contribution in [3.63, 3.8) is 0 Å². The minimum absolute atomic E-state index is 0.00439. The van der Waals surface area contributed by atoms with Gasteiger partial charge in [0.05, 0.1) is 15.7 Å². The SMILES string of the molecule is O=C(Nc1c(Cl)cncc1Cl)c1ccc(C[C@H](Nc2c(NCCSCc3ccccc3)c(=O)c2=O)C(=O)O)cc1. The van der Waals surface area contributed by atoms with Gasteiger partial charge in [-0.1, -0.05) is 65.7 Å². The number of hydrogen-bond donors (Lipinski definition) is 4. The first-order valence-corrected chi connectivity index (χ1v) is 14.0. The molecule has 4 aromatic rings. The van der Waals surface area contributed by atoms with Gasteiger partial charge >= 0.3 is 5.97 Å². The van der Waals surface area contributed by atoms with Gasteiger partial charge in [-0.25, -0.2) is 4.79 Å². The molecule has 0 unspecified atom stereocenters. The van der Waals surface area contributed by atoms with Crippen molar-refractivity contribution in [2.24, 2.45) is 0 Å². The Balaban J connectivity index is 1.34. The highest BCUT2D eigenvalue weighted by atomic mass is 35.5. The van der Waals surface area contributed by atoms with Crippen molar-refractivity contribution in [1.82, 2.24) is 4.98 Å². The van der Waals surface area contributed by atoms with Gasteiger partial charge in [0, 0.05) is 42.4 Å². The molecular weight excluding hydrogens is 575 g/mol. The topological polar surface area (TPSA) is 137 Å². The molecule has 1 atom stereocenters. The highest BCUT2D eigenvalue weighted by Crippen LogP contribution is 2.29. The number of carbonyl (C=O) groups is 2. The summed E-state index contributed by atoms with van der Waals surface area (Å²) < 4.78 is 0. The molecule has 40 heavy (non-hydrogen) atoms. The van der Waals surface area contributed by atoms with Crippen LogP contribution in [0.1, 0.15) is 21.5 Å². The number of nitrogens with zero attached hydrogens (tertiary/aromatic N) is 1. The second kappa shape index (κ2) is 13.5. The molecule has 1 amide bonds. The molecule has 0 bridgehead atoms. The number of carboxylic acids is 1. The van der Waals surface area contributed by atoms with Crippen LogP contribution in [0.5, 0.6) is 0 Å². The van der Waals surface area contributed by atoms with E-state index in [1.165, 1.54) is 30.1 Å². The smallest absolute Gasteiger partial charge is 0.326 e. The number of aliphatic carboxylic acids is 1. The zero-order chi connectivity index (χ0) is 28.6. The predicted octanol–water partition coefficient (Wildman–Crippen LogP) is 4.69. The van der Waals surface area contributed by atoms with Crippen LogP contribution in [0.2, 0.25) is 10.0 Å². The van der Waals surface area contributed by atoms with Crippen LogP contribution in [0.4, 0.5) is 17.1 Å². The van der Waals surface area contributed by atoms with E-state index in [-0.39, 0.29) is 33.5 Å². The number of rotatable bonds is 13. The Hall–Kier alpha value is -3.86. The normalized spacial score (nSPS) is 11.7. The molecule has 9 nitrogen and oxygen atoms in total. The summed E-state index contributed by atoms with van der Waals surface area (Å²) >= 11 is 13.8. The molecule has 206 valence electrons. The van der Waals surface area contributed by atoms with E-state index in [4.69, 9.17) is 23.2 Å². The van der Waals surface area contributed by atoms with Crippen LogP contribution in [-0.4, -0.2) is 40.3 Å². The van der Waals surface area contributed by atoms with Gasteiger partial charge in [-0.15, -0.1) is 0 Å². The molecule has 0 saturated heterocycles. The van der Waals surface area contributed by atoms with E-state index < -0.39 is 28.8 Å². The quantitative estimate of drug-likeness (QED) is 0.127. The highest BCUT2D eigenvalue weighted by Gasteiger charge is 2.26. The minimum Gasteiger partial charge on any atom is -0.480 e. The molecule has 0 aliphatic heterocycles. The van der Waals surface area contributed by atoms with Gasteiger partial charge in [0.2, 0.25) is 0 Å². The van der Waals surface area contributed by atoms with Gasteiger partial charge in [0.25, 0.3) is 16.8 Å². The van der Waals surface area contributed by atoms with Crippen molar-refractivity contribution >= 4 is 63.9 Å². The number of thioether (sulfide) groups is 1. The van der Waals surface area contributed by atoms with Crippen molar-refractivity contribution < 1.29 is 14.7 Å². The molecule has 0 spiro atoms. The third-order valence-corrected chi connectivity index (χ3v) is 7.54. The molecule has 0 saturated carbocycles. The molecule has 3 aromatic carbocycles. The maximum Gasteiger partial charge on any atom is 0.326 e. The van der Waals surface area contributed by atoms with E-state index in [1.54, 1.807) is 23.9 Å². The molecule has 0 aliphatic rings. The van der Waals surface area contributed by atoms with E-state index in [0.29, 0.717) is 23.4 Å². The molecule has 4 rings (SSSR count). The standard InChI is InChI=1S/C28H24Cl2N4O5S/c29-19-13-31-14-20(30)22(19)34-27(37)18-8-6-16(7-9-18)12-21(28(38)39)33-24-23(25(35)26(24)36)32-10-11-40-15-17-4-2-1-3-5-17/h1-9,13-14,21,32-33H,10-12,15H2,(H,38,39)(H,31,34,37)/t21-/m0/s1. The zero-order valence-corrected chi connectivity index (χ0v) is 23.3. The summed E-state index contributed by atoms with van der Waals surface area (Å²) in [7, 11) is 0. The van der Waals surface area contributed by atoms with Crippen LogP contribution in [0.25, 0.3) is 0 Å². The maximum absolute atomic E-state index is 12.6. The molecule has 0 fully saturated rings. The number of anilines is 3. The molecule has 1 heterocycles. The molecule has 0 radical (unpaired) electrons. The van der Waals surface area contributed by atoms with Gasteiger partial charge in [-0.05, 0) is 23.3 Å². The number of amides is 1. The lowest BCUT2D eigenvalue weighted by molar-refractivity contribution is -0.137. The van der Waals surface area contributed by atoms with Crippen molar-refractivity contribution in [3.05, 3.63) is 114 Å². The number of nitrogens with one attached hydrogen (secondary N) is 3. The van der Waals surface area contributed by atoms with Crippen LogP contribution >= 0.6 is 35.0 Å². The Kier molecular flexibility index (Phi) is 9.81. The van der Waals surface area contributed by atoms with Crippen LogP contribution in [0.3, 0.4) is 0 Å². The summed E-state index contributed by atoms with van der Waals surface area (Å²) in [6.45, 7) is 0.439. The first kappa shape index (κ1) is 29.1. The number of carboxylic acid groups (broad SMARTS) is 1. The largest absolute Gasteiger partial charge is 0.480 e. The Morgan fingerprint density at radius 1 is 0.875 bits per heavy atom. The predicted molar refractivity (Wildman–Crippen MR) is 160 cm³/mol. The van der Waals surface area contributed by atoms with E-state index in [0.717, 1.165) is 5.75 Å². The highest BCUT2D eigenvalue weighted by molar-refractivity contribution is 7.98. The summed E-state index contributed by atoms with van der Waals surface area (Å²) in [6, 6.07) is 15.0. The second-order valence-electron chi connectivity index (χ2n) is 8.74. The molecule has 4 N–H and O–H groups in total. The van der Waals surface area contributed by atoms with Gasteiger partial charge in [-0.3, -0.25) is 19.4 Å². The van der Waals surface area contributed by atoms with Gasteiger partial charge < -0.3 is 21.1 Å². The Labute approximate surface area is 243 Å². The first-order valence-electron chi connectivity index (χ1n) is 12.1. The van der Waals surface area contributed by atoms with E-state index >= 15 is 0 Å². The maximum atomic E-state index is 12.6. The number of hydrogen-bond acceptors (Lipinski definition) is 8. The lowest BCUT2D eigenvalue weighted by Gasteiger charge is -2.20. The number of pyridine rings is 1. The summed E-state index contributed by atoms with van der Waals surface area (Å²) in [4.78, 5) is 52.7. The summed E-state index contributed by atoms with van der Waals surface area (Å²) in [5, 5.41) is 18.4. The third kappa shape index (κ3) is 7.20. The monoisotopic (exact) mass is 598 g/mol. The summed E-state index contributed by atoms with van der Waals surface area (Å²) in [5.41, 5.74) is 0.938. The average molecular weight is 599 g/mol. The zero-order valence-electron chi connectivity index (χ0n) is 20.9. The lowest BCUT2D eigenvalue weighted by Crippen LogP contribution is -2.42. The second-order valence-corrected chi connectivity index (χ2v) is 10.7. The number of carbonyl (C=O) groups excluding carboxylic acids is 1. The van der Waals surface area contributed by atoms with Crippen molar-refractivity contribution in [2.75, 3.05) is 28.2 Å². The molecular formula is C28H24Cl2N4O5S. The fourth-order valence-electron chi connectivity index (χ4n) is 3.83. The van der Waals surface area contributed by atoms with Crippen molar-refractivity contribution in [3.8, 4) is 0 Å². The third-order valence-electron chi connectivity index (χ3n) is 5.93. The van der Waals surface area contributed by atoms with Crippen LogP contribution < -0.4 is 26.8 Å². The number of benzene rings is 2. The summed E-state index contributed by atoms with van der Waals surface area (Å²) in [5.74, 6) is -0.154. The molecule has 1 aromatic heterocycles. The summed E-state index contributed by atoms with van der Waals surface area (Å²) in [6.07, 6.45) is 2.71. The van der Waals surface area contributed by atoms with Crippen molar-refractivity contribution in [2.45, 2.75) is 18.2 Å². The van der Waals surface area contributed by atoms with E-state index in [9.17, 15) is 24.3 Å².